The molecule has 4 aromatic rings. The number of hydrogen-bond donors (Lipinski definition) is 1. The largest absolute Gasteiger partial charge is 0.506 e. The van der Waals surface area contributed by atoms with Gasteiger partial charge in [0.25, 0.3) is 0 Å². The fraction of sp³-hybridized carbons (Fsp3) is 0.0714. The molecular formula is C42H28Cl4O4. The predicted octanol–water partition coefficient (Wildman–Crippen LogP) is 12.3. The van der Waals surface area contributed by atoms with Crippen LogP contribution in [0.1, 0.15) is 33.4 Å². The number of aryl methyl sites for hydroxylation is 2. The normalized spacial score (nSPS) is 18.9. The number of allylic oxidation sites excluding steroid dienone is 9. The van der Waals surface area contributed by atoms with E-state index in [0.29, 0.717) is 54.3 Å². The van der Waals surface area contributed by atoms with Gasteiger partial charge in [-0.3, -0.25) is 4.79 Å². The van der Waals surface area contributed by atoms with Crippen molar-refractivity contribution in [3.63, 3.8) is 0 Å². The minimum atomic E-state index is -0.380. The topological polar surface area (TPSA) is 55.8 Å². The van der Waals surface area contributed by atoms with Crippen molar-refractivity contribution in [1.29, 1.82) is 0 Å². The Labute approximate surface area is 310 Å². The van der Waals surface area contributed by atoms with Gasteiger partial charge in [-0.1, -0.05) is 101 Å². The Morgan fingerprint density at radius 2 is 1.16 bits per heavy atom. The van der Waals surface area contributed by atoms with Gasteiger partial charge in [-0.25, -0.2) is 0 Å². The Kier molecular flexibility index (Phi) is 9.38. The molecular weight excluding hydrogens is 710 g/mol. The maximum Gasteiger partial charge on any atom is 0.200 e. The molecule has 0 radical (unpaired) electrons. The number of benzene rings is 4. The second kappa shape index (κ2) is 13.9. The molecule has 1 N–H and O–H groups in total. The number of aliphatic hydroxyl groups excluding tert-OH is 1. The van der Waals surface area contributed by atoms with E-state index in [1.54, 1.807) is 42.5 Å². The van der Waals surface area contributed by atoms with E-state index < -0.39 is 0 Å². The minimum absolute atomic E-state index is 0.0915. The summed E-state index contributed by atoms with van der Waals surface area (Å²) >= 11 is 25.1. The molecule has 2 heterocycles. The minimum Gasteiger partial charge on any atom is -0.506 e. The van der Waals surface area contributed by atoms with E-state index in [1.807, 2.05) is 92.7 Å². The zero-order chi connectivity index (χ0) is 35.1. The Morgan fingerprint density at radius 1 is 0.640 bits per heavy atom. The maximum absolute atomic E-state index is 13.7. The highest BCUT2D eigenvalue weighted by atomic mass is 35.5. The molecule has 2 aliphatic heterocycles. The number of ketones is 1. The van der Waals surface area contributed by atoms with Gasteiger partial charge in [0.05, 0.1) is 31.2 Å². The van der Waals surface area contributed by atoms with Crippen LogP contribution in [0.15, 0.2) is 144 Å². The highest BCUT2D eigenvalue weighted by Crippen LogP contribution is 2.40. The summed E-state index contributed by atoms with van der Waals surface area (Å²) < 4.78 is 12.7. The summed E-state index contributed by atoms with van der Waals surface area (Å²) in [7, 11) is 0. The zero-order valence-electron chi connectivity index (χ0n) is 26.8. The molecule has 8 heteroatoms. The van der Waals surface area contributed by atoms with Crippen LogP contribution in [0.2, 0.25) is 20.1 Å². The second-order valence-corrected chi connectivity index (χ2v) is 13.7. The first-order valence-corrected chi connectivity index (χ1v) is 17.2. The lowest BCUT2D eigenvalue weighted by Crippen LogP contribution is -2.22. The molecule has 50 heavy (non-hydrogen) atoms. The quantitative estimate of drug-likeness (QED) is 0.200. The van der Waals surface area contributed by atoms with E-state index >= 15 is 0 Å². The van der Waals surface area contributed by atoms with Crippen LogP contribution >= 0.6 is 46.4 Å². The standard InChI is InChI=1S/C42H28Cl4O4/c1-23-7-3-5-9-29(23)39-19-25(17-37(49-39)27-11-13-33(43)35(45)21-27)15-31-41(47)32(42(31)48)16-26-18-38(28-12-14-34(44)36(46)22-28)50-40(20-26)30-10-6-4-8-24(30)2/h3-22,25,47H,1-2H3/b26-16+,31-15?. The Bertz CT molecular complexity index is 2320. The monoisotopic (exact) mass is 736 g/mol. The number of halogens is 4. The third-order valence-electron chi connectivity index (χ3n) is 8.62. The number of carbonyl (C=O) groups is 1. The summed E-state index contributed by atoms with van der Waals surface area (Å²) in [6.45, 7) is 4.00. The molecule has 3 aliphatic rings. The average Bonchev–Trinajstić information content (AvgIpc) is 3.12. The van der Waals surface area contributed by atoms with Gasteiger partial charge in [0.2, 0.25) is 0 Å². The highest BCUT2D eigenvalue weighted by Gasteiger charge is 2.34. The molecule has 1 unspecified atom stereocenters. The fourth-order valence-corrected chi connectivity index (χ4v) is 6.54. The molecule has 248 valence electrons. The molecule has 0 fully saturated rings. The first-order valence-electron chi connectivity index (χ1n) is 15.7. The van der Waals surface area contributed by atoms with Crippen molar-refractivity contribution in [1.82, 2.24) is 0 Å². The van der Waals surface area contributed by atoms with Crippen LogP contribution in [0.4, 0.5) is 0 Å². The molecule has 0 aromatic heterocycles. The van der Waals surface area contributed by atoms with E-state index in [2.05, 4.69) is 0 Å². The molecule has 4 aromatic carbocycles. The van der Waals surface area contributed by atoms with Crippen molar-refractivity contribution in [3.8, 4) is 0 Å². The van der Waals surface area contributed by atoms with Gasteiger partial charge >= 0.3 is 0 Å². The van der Waals surface area contributed by atoms with Crippen molar-refractivity contribution in [2.75, 3.05) is 0 Å². The molecule has 0 saturated carbocycles. The van der Waals surface area contributed by atoms with Gasteiger partial charge in [-0.2, -0.15) is 0 Å². The number of carbonyl (C=O) groups excluding carboxylic acids is 1. The first-order chi connectivity index (χ1) is 24.0. The summed E-state index contributed by atoms with van der Waals surface area (Å²) in [6.07, 6.45) is 10.9. The summed E-state index contributed by atoms with van der Waals surface area (Å²) in [5.41, 5.74) is 6.37. The third kappa shape index (κ3) is 6.73. The average molecular weight is 738 g/mol. The summed E-state index contributed by atoms with van der Waals surface area (Å²) in [5.74, 6) is 1.55. The second-order valence-electron chi connectivity index (χ2n) is 12.1. The summed E-state index contributed by atoms with van der Waals surface area (Å²) in [5, 5.41) is 12.9. The fourth-order valence-electron chi connectivity index (χ4n) is 5.95. The van der Waals surface area contributed by atoms with E-state index in [1.165, 1.54) is 0 Å². The van der Waals surface area contributed by atoms with Gasteiger partial charge in [-0.05, 0) is 97.3 Å². The van der Waals surface area contributed by atoms with E-state index in [-0.39, 0.29) is 28.6 Å². The Balaban J connectivity index is 1.28. The summed E-state index contributed by atoms with van der Waals surface area (Å²) in [4.78, 5) is 13.7. The van der Waals surface area contributed by atoms with Crippen LogP contribution < -0.4 is 0 Å². The highest BCUT2D eigenvalue weighted by molar-refractivity contribution is 6.42. The number of Topliss-reactive ketones (excluding diaryl/α,β-unsaturated/α-hetero) is 1. The van der Waals surface area contributed by atoms with Gasteiger partial charge < -0.3 is 14.6 Å². The van der Waals surface area contributed by atoms with E-state index in [0.717, 1.165) is 27.8 Å². The molecule has 7 rings (SSSR count). The van der Waals surface area contributed by atoms with Crippen LogP contribution in [0.3, 0.4) is 0 Å². The number of ether oxygens (including phenoxy) is 2. The van der Waals surface area contributed by atoms with Gasteiger partial charge in [0, 0.05) is 28.2 Å². The molecule has 1 aliphatic carbocycles. The molecule has 0 saturated heterocycles. The van der Waals surface area contributed by atoms with Crippen LogP contribution in [0.25, 0.3) is 23.0 Å². The Hall–Kier alpha value is -4.71. The molecule has 4 nitrogen and oxygen atoms in total. The van der Waals surface area contributed by atoms with Crippen LogP contribution in [0.5, 0.6) is 0 Å². The van der Waals surface area contributed by atoms with Crippen molar-refractivity contribution >= 4 is 75.2 Å². The number of aliphatic hydroxyl groups is 1. The lowest BCUT2D eigenvalue weighted by atomic mass is 9.83. The maximum atomic E-state index is 13.7. The molecule has 0 spiro atoms. The van der Waals surface area contributed by atoms with Crippen molar-refractivity contribution in [2.24, 2.45) is 5.92 Å². The SMILES string of the molecule is Cc1ccccc1C1=C/C(=C/C2=C(O)C(=CC3C=C(c4ccc(Cl)c(Cl)c4)OC(c4ccccc4C)=C3)C2=O)C=C(c2ccc(Cl)c(Cl)c2)O1. The van der Waals surface area contributed by atoms with Crippen LogP contribution in [0, 0.1) is 19.8 Å². The van der Waals surface area contributed by atoms with Crippen molar-refractivity contribution < 1.29 is 19.4 Å². The Morgan fingerprint density at radius 3 is 1.74 bits per heavy atom. The van der Waals surface area contributed by atoms with E-state index in [4.69, 9.17) is 55.9 Å². The lowest BCUT2D eigenvalue weighted by molar-refractivity contribution is -0.113. The molecule has 0 amide bonds. The lowest BCUT2D eigenvalue weighted by Gasteiger charge is -2.25. The first kappa shape index (κ1) is 33.8. The predicted molar refractivity (Wildman–Crippen MR) is 204 cm³/mol. The molecule has 1 atom stereocenters. The number of rotatable bonds is 6. The van der Waals surface area contributed by atoms with Crippen molar-refractivity contribution in [2.45, 2.75) is 13.8 Å². The van der Waals surface area contributed by atoms with Crippen LogP contribution in [-0.2, 0) is 14.3 Å². The number of hydrogen-bond acceptors (Lipinski definition) is 4. The zero-order valence-corrected chi connectivity index (χ0v) is 29.8. The third-order valence-corrected chi connectivity index (χ3v) is 10.1. The van der Waals surface area contributed by atoms with Gasteiger partial charge in [0.15, 0.2) is 5.78 Å². The molecule has 0 bridgehead atoms. The smallest absolute Gasteiger partial charge is 0.200 e. The van der Waals surface area contributed by atoms with Gasteiger partial charge in [-0.15, -0.1) is 0 Å². The van der Waals surface area contributed by atoms with E-state index in [9.17, 15) is 9.90 Å². The van der Waals surface area contributed by atoms with Crippen LogP contribution in [-0.4, -0.2) is 10.9 Å². The van der Waals surface area contributed by atoms with Gasteiger partial charge in [0.1, 0.15) is 28.8 Å². The van der Waals surface area contributed by atoms with Crippen molar-refractivity contribution in [3.05, 3.63) is 197 Å². The summed E-state index contributed by atoms with van der Waals surface area (Å²) in [6, 6.07) is 26.3.